The van der Waals surface area contributed by atoms with E-state index in [1.807, 2.05) is 19.1 Å². The fourth-order valence-electron chi connectivity index (χ4n) is 5.02. The third kappa shape index (κ3) is 9.16. The second kappa shape index (κ2) is 14.7. The maximum absolute atomic E-state index is 12.6. The first kappa shape index (κ1) is 27.0. The molecule has 0 bridgehead atoms. The van der Waals surface area contributed by atoms with Gasteiger partial charge in [-0.05, 0) is 85.9 Å². The summed E-state index contributed by atoms with van der Waals surface area (Å²) in [5.74, 6) is 1.74. The van der Waals surface area contributed by atoms with E-state index in [2.05, 4.69) is 19.1 Å². The van der Waals surface area contributed by atoms with E-state index in [9.17, 15) is 9.59 Å². The van der Waals surface area contributed by atoms with E-state index in [1.165, 1.54) is 76.2 Å². The molecule has 0 saturated heterocycles. The predicted octanol–water partition coefficient (Wildman–Crippen LogP) is 8.64. The van der Waals surface area contributed by atoms with E-state index >= 15 is 0 Å². The zero-order valence-corrected chi connectivity index (χ0v) is 21.6. The van der Waals surface area contributed by atoms with E-state index in [1.54, 1.807) is 24.3 Å². The van der Waals surface area contributed by atoms with Crippen molar-refractivity contribution in [1.82, 2.24) is 0 Å². The highest BCUT2D eigenvalue weighted by Crippen LogP contribution is 2.38. The molecule has 0 unspecified atom stereocenters. The summed E-state index contributed by atoms with van der Waals surface area (Å²) in [4.78, 5) is 24.2. The van der Waals surface area contributed by atoms with Crippen LogP contribution < -0.4 is 9.47 Å². The monoisotopic (exact) mass is 478 g/mol. The summed E-state index contributed by atoms with van der Waals surface area (Å²) in [5, 5.41) is 0. The highest BCUT2D eigenvalue weighted by molar-refractivity contribution is 5.91. The molecule has 4 nitrogen and oxygen atoms in total. The van der Waals surface area contributed by atoms with Gasteiger partial charge in [0.2, 0.25) is 0 Å². The summed E-state index contributed by atoms with van der Waals surface area (Å²) in [6, 6.07) is 14.5. The van der Waals surface area contributed by atoms with Gasteiger partial charge in [-0.1, -0.05) is 70.9 Å². The van der Waals surface area contributed by atoms with Gasteiger partial charge in [0, 0.05) is 6.42 Å². The van der Waals surface area contributed by atoms with Crippen LogP contribution in [0.3, 0.4) is 0 Å². The van der Waals surface area contributed by atoms with E-state index < -0.39 is 0 Å². The number of carbonyl (C=O) groups excluding carboxylic acids is 2. The van der Waals surface area contributed by atoms with Crippen molar-refractivity contribution in [3.8, 4) is 11.5 Å². The molecule has 2 aromatic carbocycles. The van der Waals surface area contributed by atoms with Crippen molar-refractivity contribution in [3.05, 3.63) is 59.7 Å². The number of hydrogen-bond donors (Lipinski definition) is 0. The van der Waals surface area contributed by atoms with E-state index in [0.717, 1.165) is 12.3 Å². The Morgan fingerprint density at radius 2 is 1.31 bits per heavy atom. The topological polar surface area (TPSA) is 52.6 Å². The zero-order chi connectivity index (χ0) is 24.9. The van der Waals surface area contributed by atoms with Gasteiger partial charge in [-0.15, -0.1) is 0 Å². The molecule has 4 heteroatoms. The smallest absolute Gasteiger partial charge is 0.343 e. The van der Waals surface area contributed by atoms with Crippen LogP contribution in [0.25, 0.3) is 0 Å². The molecule has 0 amide bonds. The van der Waals surface area contributed by atoms with Crippen LogP contribution in [-0.2, 0) is 4.79 Å². The normalized spacial score (nSPS) is 17.7. The van der Waals surface area contributed by atoms with Crippen molar-refractivity contribution in [2.45, 2.75) is 103 Å². The van der Waals surface area contributed by atoms with Crippen LogP contribution in [0, 0.1) is 5.92 Å². The van der Waals surface area contributed by atoms with Crippen LogP contribution in [0.1, 0.15) is 119 Å². The molecule has 2 aromatic rings. The van der Waals surface area contributed by atoms with Crippen molar-refractivity contribution < 1.29 is 19.1 Å². The van der Waals surface area contributed by atoms with Crippen molar-refractivity contribution in [1.29, 1.82) is 0 Å². The lowest BCUT2D eigenvalue weighted by molar-refractivity contribution is -0.134. The summed E-state index contributed by atoms with van der Waals surface area (Å²) in [7, 11) is 0. The predicted molar refractivity (Wildman–Crippen MR) is 141 cm³/mol. The average Bonchev–Trinajstić information content (AvgIpc) is 2.88. The third-order valence-corrected chi connectivity index (χ3v) is 7.15. The molecule has 0 heterocycles. The van der Waals surface area contributed by atoms with E-state index in [-0.39, 0.29) is 11.9 Å². The Balaban J connectivity index is 1.41. The van der Waals surface area contributed by atoms with E-state index in [4.69, 9.17) is 9.47 Å². The third-order valence-electron chi connectivity index (χ3n) is 7.15. The lowest BCUT2D eigenvalue weighted by atomic mass is 9.77. The minimum atomic E-state index is -0.380. The average molecular weight is 479 g/mol. The summed E-state index contributed by atoms with van der Waals surface area (Å²) in [6.45, 7) is 4.20. The fraction of sp³-hybridized carbons (Fsp3) is 0.548. The molecule has 1 fully saturated rings. The zero-order valence-electron chi connectivity index (χ0n) is 21.6. The second-order valence-corrected chi connectivity index (χ2v) is 9.98. The van der Waals surface area contributed by atoms with Crippen LogP contribution in [-0.4, -0.2) is 11.9 Å². The summed E-state index contributed by atoms with van der Waals surface area (Å²) in [6.07, 6.45) is 16.0. The fourth-order valence-corrected chi connectivity index (χ4v) is 5.02. The van der Waals surface area contributed by atoms with Crippen molar-refractivity contribution in [2.75, 3.05) is 0 Å². The Kier molecular flexibility index (Phi) is 11.3. The van der Waals surface area contributed by atoms with Crippen molar-refractivity contribution in [3.63, 3.8) is 0 Å². The lowest BCUT2D eigenvalue weighted by Gasteiger charge is -2.29. The first-order chi connectivity index (χ1) is 17.1. The maximum Gasteiger partial charge on any atom is 0.343 e. The van der Waals surface area contributed by atoms with Crippen LogP contribution in [0.2, 0.25) is 0 Å². The summed E-state index contributed by atoms with van der Waals surface area (Å²) >= 11 is 0. The Bertz CT molecular complexity index is 893. The van der Waals surface area contributed by atoms with Crippen molar-refractivity contribution in [2.24, 2.45) is 5.92 Å². The minimum absolute atomic E-state index is 0.261. The number of esters is 2. The Hall–Kier alpha value is -2.62. The molecule has 35 heavy (non-hydrogen) atoms. The quantitative estimate of drug-likeness (QED) is 0.164. The summed E-state index contributed by atoms with van der Waals surface area (Å²) < 4.78 is 10.7. The number of benzene rings is 2. The molecule has 190 valence electrons. The molecule has 0 aromatic heterocycles. The Labute approximate surface area is 211 Å². The molecule has 1 aliphatic carbocycles. The lowest BCUT2D eigenvalue weighted by Crippen LogP contribution is -2.14. The molecule has 0 atom stereocenters. The highest BCUT2D eigenvalue weighted by Gasteiger charge is 2.22. The number of unbranched alkanes of at least 4 members (excludes halogenated alkanes) is 5. The van der Waals surface area contributed by atoms with Gasteiger partial charge in [0.15, 0.2) is 0 Å². The van der Waals surface area contributed by atoms with Gasteiger partial charge in [0.25, 0.3) is 0 Å². The van der Waals surface area contributed by atoms with Crippen LogP contribution in [0.4, 0.5) is 0 Å². The Morgan fingerprint density at radius 3 is 1.94 bits per heavy atom. The molecule has 3 rings (SSSR count). The molecule has 0 aliphatic heterocycles. The Morgan fingerprint density at radius 1 is 0.714 bits per heavy atom. The van der Waals surface area contributed by atoms with Crippen LogP contribution in [0.15, 0.2) is 48.5 Å². The van der Waals surface area contributed by atoms with Gasteiger partial charge < -0.3 is 9.47 Å². The molecule has 0 radical (unpaired) electrons. The second-order valence-electron chi connectivity index (χ2n) is 9.98. The standard InChI is InChI=1S/C31H42O4/c1-3-5-6-7-8-9-11-24-12-14-25(15-13-24)26-16-18-27(19-17-26)31(33)35-29-22-20-28(21-23-29)34-30(32)10-4-2/h16-25H,3-15H2,1-2H3. The molecule has 0 spiro atoms. The van der Waals surface area contributed by atoms with Gasteiger partial charge in [-0.3, -0.25) is 4.79 Å². The molecule has 1 saturated carbocycles. The number of hydrogen-bond acceptors (Lipinski definition) is 4. The van der Waals surface area contributed by atoms with E-state index in [0.29, 0.717) is 29.4 Å². The number of carbonyl (C=O) groups is 2. The van der Waals surface area contributed by atoms with Gasteiger partial charge >= 0.3 is 11.9 Å². The van der Waals surface area contributed by atoms with Gasteiger partial charge in [-0.2, -0.15) is 0 Å². The maximum atomic E-state index is 12.6. The van der Waals surface area contributed by atoms with Gasteiger partial charge in [0.05, 0.1) is 5.56 Å². The SMILES string of the molecule is CCCCCCCCC1CCC(c2ccc(C(=O)Oc3ccc(OC(=O)CCC)cc3)cc2)CC1. The van der Waals surface area contributed by atoms with Gasteiger partial charge in [0.1, 0.15) is 11.5 Å². The highest BCUT2D eigenvalue weighted by atomic mass is 16.5. The number of ether oxygens (including phenoxy) is 2. The van der Waals surface area contributed by atoms with Crippen LogP contribution >= 0.6 is 0 Å². The molecular weight excluding hydrogens is 436 g/mol. The molecule has 0 N–H and O–H groups in total. The molecule has 1 aliphatic rings. The largest absolute Gasteiger partial charge is 0.427 e. The summed E-state index contributed by atoms with van der Waals surface area (Å²) in [5.41, 5.74) is 1.88. The van der Waals surface area contributed by atoms with Crippen molar-refractivity contribution >= 4 is 11.9 Å². The number of rotatable bonds is 13. The minimum Gasteiger partial charge on any atom is -0.427 e. The van der Waals surface area contributed by atoms with Gasteiger partial charge in [-0.25, -0.2) is 4.79 Å². The first-order valence-electron chi connectivity index (χ1n) is 13.7. The first-order valence-corrected chi connectivity index (χ1v) is 13.7. The molecular formula is C31H42O4. The van der Waals surface area contributed by atoms with Crippen LogP contribution in [0.5, 0.6) is 11.5 Å².